The van der Waals surface area contributed by atoms with Crippen LogP contribution >= 0.6 is 0 Å². The summed E-state index contributed by atoms with van der Waals surface area (Å²) in [4.78, 5) is 6.10. The molecule has 86 valence electrons. The third-order valence-electron chi connectivity index (χ3n) is 2.41. The number of hydrogen-bond donors (Lipinski definition) is 1. The number of anilines is 2. The number of furan rings is 1. The standard InChI is InChI=1S/C12H12N4O/c1-16(7-9-4-5-17-8-9)12-3-2-10(14)11(6-13)15-12/h2-5,8H,7,14H2,1H3. The summed E-state index contributed by atoms with van der Waals surface area (Å²) in [7, 11) is 1.90. The number of nitrogens with zero attached hydrogens (tertiary/aromatic N) is 3. The molecular formula is C12H12N4O. The Morgan fingerprint density at radius 1 is 1.47 bits per heavy atom. The lowest BCUT2D eigenvalue weighted by atomic mass is 10.3. The topological polar surface area (TPSA) is 79.1 Å². The minimum atomic E-state index is 0.251. The second kappa shape index (κ2) is 4.58. The van der Waals surface area contributed by atoms with E-state index in [0.717, 1.165) is 5.56 Å². The number of nitriles is 1. The molecule has 2 N–H and O–H groups in total. The first-order valence-electron chi connectivity index (χ1n) is 5.09. The Hall–Kier alpha value is -2.48. The average molecular weight is 228 g/mol. The molecule has 0 spiro atoms. The van der Waals surface area contributed by atoms with E-state index in [1.54, 1.807) is 24.7 Å². The van der Waals surface area contributed by atoms with Crippen LogP contribution in [0.15, 0.2) is 35.1 Å². The number of nitrogens with two attached hydrogens (primary N) is 1. The Morgan fingerprint density at radius 3 is 2.94 bits per heavy atom. The Morgan fingerprint density at radius 2 is 2.29 bits per heavy atom. The molecule has 0 radical (unpaired) electrons. The van der Waals surface area contributed by atoms with Gasteiger partial charge in [0.25, 0.3) is 0 Å². The van der Waals surface area contributed by atoms with Gasteiger partial charge in [0.1, 0.15) is 11.9 Å². The summed E-state index contributed by atoms with van der Waals surface area (Å²) in [5, 5.41) is 8.86. The number of hydrogen-bond acceptors (Lipinski definition) is 5. The van der Waals surface area contributed by atoms with Crippen LogP contribution in [0.2, 0.25) is 0 Å². The Bertz CT molecular complexity index is 542. The molecule has 0 saturated carbocycles. The van der Waals surface area contributed by atoms with E-state index in [-0.39, 0.29) is 5.69 Å². The first-order chi connectivity index (χ1) is 8.20. The first-order valence-corrected chi connectivity index (χ1v) is 5.09. The van der Waals surface area contributed by atoms with Crippen molar-refractivity contribution in [2.24, 2.45) is 0 Å². The van der Waals surface area contributed by atoms with Gasteiger partial charge in [0.05, 0.1) is 18.2 Å². The molecule has 0 aromatic carbocycles. The molecular weight excluding hydrogens is 216 g/mol. The van der Waals surface area contributed by atoms with Crippen molar-refractivity contribution in [3.63, 3.8) is 0 Å². The third kappa shape index (κ3) is 2.37. The molecule has 0 atom stereocenters. The summed E-state index contributed by atoms with van der Waals surface area (Å²) in [6.07, 6.45) is 3.30. The summed E-state index contributed by atoms with van der Waals surface area (Å²) in [5.41, 5.74) is 7.31. The SMILES string of the molecule is CN(Cc1ccoc1)c1ccc(N)c(C#N)n1. The van der Waals surface area contributed by atoms with Gasteiger partial charge in [-0.2, -0.15) is 5.26 Å². The highest BCUT2D eigenvalue weighted by Gasteiger charge is 2.07. The predicted octanol–water partition coefficient (Wildman–Crippen LogP) is 1.76. The molecule has 5 heteroatoms. The fourth-order valence-electron chi connectivity index (χ4n) is 1.50. The zero-order chi connectivity index (χ0) is 12.3. The lowest BCUT2D eigenvalue weighted by molar-refractivity contribution is 0.563. The zero-order valence-corrected chi connectivity index (χ0v) is 9.42. The van der Waals surface area contributed by atoms with Crippen LogP contribution in [-0.4, -0.2) is 12.0 Å². The van der Waals surface area contributed by atoms with Crippen LogP contribution in [0.3, 0.4) is 0 Å². The van der Waals surface area contributed by atoms with E-state index in [4.69, 9.17) is 15.4 Å². The second-order valence-electron chi connectivity index (χ2n) is 3.71. The van der Waals surface area contributed by atoms with Gasteiger partial charge in [-0.3, -0.25) is 0 Å². The molecule has 0 aliphatic heterocycles. The maximum atomic E-state index is 8.86. The van der Waals surface area contributed by atoms with E-state index in [1.165, 1.54) is 0 Å². The molecule has 0 bridgehead atoms. The summed E-state index contributed by atoms with van der Waals surface area (Å²) in [5.74, 6) is 0.706. The normalized spacial score (nSPS) is 9.88. The Labute approximate surface area is 99.1 Å². The van der Waals surface area contributed by atoms with E-state index in [1.807, 2.05) is 24.1 Å². The monoisotopic (exact) mass is 228 g/mol. The molecule has 0 amide bonds. The number of rotatable bonds is 3. The van der Waals surface area contributed by atoms with E-state index < -0.39 is 0 Å². The molecule has 2 rings (SSSR count). The van der Waals surface area contributed by atoms with Crippen LogP contribution in [0.1, 0.15) is 11.3 Å². The molecule has 2 heterocycles. The molecule has 0 aliphatic carbocycles. The van der Waals surface area contributed by atoms with Gasteiger partial charge < -0.3 is 15.1 Å². The maximum absolute atomic E-state index is 8.86. The van der Waals surface area contributed by atoms with Crippen molar-refractivity contribution in [1.29, 1.82) is 5.26 Å². The van der Waals surface area contributed by atoms with Crippen molar-refractivity contribution in [2.45, 2.75) is 6.54 Å². The number of pyridine rings is 1. The lowest BCUT2D eigenvalue weighted by Crippen LogP contribution is -2.17. The van der Waals surface area contributed by atoms with Gasteiger partial charge in [0.2, 0.25) is 0 Å². The molecule has 2 aromatic rings. The third-order valence-corrected chi connectivity index (χ3v) is 2.41. The average Bonchev–Trinajstić information content (AvgIpc) is 2.82. The molecule has 0 aliphatic rings. The summed E-state index contributed by atoms with van der Waals surface area (Å²) < 4.78 is 5.00. The van der Waals surface area contributed by atoms with Gasteiger partial charge in [-0.25, -0.2) is 4.98 Å². The van der Waals surface area contributed by atoms with Gasteiger partial charge in [-0.05, 0) is 18.2 Å². The summed E-state index contributed by atoms with van der Waals surface area (Å²) in [6, 6.07) is 7.33. The van der Waals surface area contributed by atoms with E-state index >= 15 is 0 Å². The summed E-state index contributed by atoms with van der Waals surface area (Å²) >= 11 is 0. The van der Waals surface area contributed by atoms with Gasteiger partial charge in [-0.1, -0.05) is 0 Å². The van der Waals surface area contributed by atoms with Crippen LogP contribution in [0, 0.1) is 11.3 Å². The van der Waals surface area contributed by atoms with Crippen molar-refractivity contribution in [3.8, 4) is 6.07 Å². The Balaban J connectivity index is 2.20. The minimum Gasteiger partial charge on any atom is -0.472 e. The fraction of sp³-hybridized carbons (Fsp3) is 0.167. The van der Waals surface area contributed by atoms with Crippen LogP contribution in [0.25, 0.3) is 0 Å². The van der Waals surface area contributed by atoms with E-state index in [2.05, 4.69) is 4.98 Å². The minimum absolute atomic E-state index is 0.251. The molecule has 0 fully saturated rings. The summed E-state index contributed by atoms with van der Waals surface area (Å²) in [6.45, 7) is 0.665. The highest BCUT2D eigenvalue weighted by Crippen LogP contribution is 2.17. The quantitative estimate of drug-likeness (QED) is 0.865. The van der Waals surface area contributed by atoms with Crippen molar-refractivity contribution in [3.05, 3.63) is 42.0 Å². The van der Waals surface area contributed by atoms with Gasteiger partial charge in [-0.15, -0.1) is 0 Å². The highest BCUT2D eigenvalue weighted by atomic mass is 16.3. The zero-order valence-electron chi connectivity index (χ0n) is 9.42. The van der Waals surface area contributed by atoms with E-state index in [9.17, 15) is 0 Å². The first kappa shape index (κ1) is 11.0. The molecule has 17 heavy (non-hydrogen) atoms. The Kier molecular flexibility index (Phi) is 2.97. The largest absolute Gasteiger partial charge is 0.472 e. The van der Waals surface area contributed by atoms with Crippen molar-refractivity contribution in [1.82, 2.24) is 4.98 Å². The number of aromatic nitrogens is 1. The van der Waals surface area contributed by atoms with Gasteiger partial charge in [0.15, 0.2) is 5.69 Å². The van der Waals surface area contributed by atoms with Gasteiger partial charge >= 0.3 is 0 Å². The fourth-order valence-corrected chi connectivity index (χ4v) is 1.50. The molecule has 0 saturated heterocycles. The molecule has 0 unspecified atom stereocenters. The smallest absolute Gasteiger partial charge is 0.165 e. The predicted molar refractivity (Wildman–Crippen MR) is 64.2 cm³/mol. The van der Waals surface area contributed by atoms with E-state index in [0.29, 0.717) is 18.1 Å². The number of nitrogen functional groups attached to an aromatic ring is 1. The molecule has 5 nitrogen and oxygen atoms in total. The van der Waals surface area contributed by atoms with Crippen molar-refractivity contribution < 1.29 is 4.42 Å². The lowest BCUT2D eigenvalue weighted by Gasteiger charge is -2.17. The van der Waals surface area contributed by atoms with Crippen LogP contribution in [0.4, 0.5) is 11.5 Å². The molecule has 2 aromatic heterocycles. The van der Waals surface area contributed by atoms with Crippen LogP contribution < -0.4 is 10.6 Å². The van der Waals surface area contributed by atoms with Crippen LogP contribution in [-0.2, 0) is 6.54 Å². The van der Waals surface area contributed by atoms with Crippen molar-refractivity contribution >= 4 is 11.5 Å². The van der Waals surface area contributed by atoms with Crippen LogP contribution in [0.5, 0.6) is 0 Å². The van der Waals surface area contributed by atoms with Crippen molar-refractivity contribution in [2.75, 3.05) is 17.7 Å². The highest BCUT2D eigenvalue weighted by molar-refractivity contribution is 5.55. The second-order valence-corrected chi connectivity index (χ2v) is 3.71. The van der Waals surface area contributed by atoms with Gasteiger partial charge in [0, 0.05) is 19.2 Å². The maximum Gasteiger partial charge on any atom is 0.165 e.